The molecule has 1 aromatic heterocycles. The van der Waals surface area contributed by atoms with Crippen molar-refractivity contribution in [1.29, 1.82) is 0 Å². The van der Waals surface area contributed by atoms with Gasteiger partial charge in [0, 0.05) is 11.3 Å². The topological polar surface area (TPSA) is 115 Å². The Hall–Kier alpha value is -2.88. The molecule has 1 unspecified atom stereocenters. The van der Waals surface area contributed by atoms with Gasteiger partial charge in [0.25, 0.3) is 5.91 Å². The Morgan fingerprint density at radius 2 is 2.00 bits per heavy atom. The van der Waals surface area contributed by atoms with Crippen LogP contribution in [0.25, 0.3) is 0 Å². The highest BCUT2D eigenvalue weighted by Gasteiger charge is 2.42. The van der Waals surface area contributed by atoms with Crippen LogP contribution in [-0.2, 0) is 15.4 Å². The summed E-state index contributed by atoms with van der Waals surface area (Å²) in [7, 11) is -3.62. The fourth-order valence-corrected chi connectivity index (χ4v) is 4.64. The summed E-state index contributed by atoms with van der Waals surface area (Å²) in [5.74, 6) is -2.41. The molecule has 148 valence electrons. The van der Waals surface area contributed by atoms with Crippen LogP contribution < -0.4 is 11.1 Å². The Labute approximate surface area is 160 Å². The van der Waals surface area contributed by atoms with Crippen molar-refractivity contribution < 1.29 is 22.0 Å². The van der Waals surface area contributed by atoms with Crippen molar-refractivity contribution in [2.45, 2.75) is 24.6 Å². The molecule has 2 atom stereocenters. The molecule has 10 heteroatoms. The summed E-state index contributed by atoms with van der Waals surface area (Å²) < 4.78 is 52.2. The third-order valence-corrected chi connectivity index (χ3v) is 6.86. The van der Waals surface area contributed by atoms with Gasteiger partial charge in [-0.25, -0.2) is 22.2 Å². The van der Waals surface area contributed by atoms with Crippen molar-refractivity contribution in [3.05, 3.63) is 59.4 Å². The Morgan fingerprint density at radius 3 is 2.61 bits per heavy atom. The lowest BCUT2D eigenvalue weighted by molar-refractivity contribution is 0.102. The molecule has 0 spiro atoms. The van der Waals surface area contributed by atoms with Crippen LogP contribution in [0, 0.1) is 11.6 Å². The maximum atomic E-state index is 14.5. The lowest BCUT2D eigenvalue weighted by Crippen LogP contribution is -2.47. The maximum absolute atomic E-state index is 14.5. The molecule has 0 fully saturated rings. The summed E-state index contributed by atoms with van der Waals surface area (Å²) in [5, 5.41) is 1.57. The monoisotopic (exact) mass is 408 g/mol. The fraction of sp³-hybridized carbons (Fsp3) is 0.278. The second kappa shape index (κ2) is 6.93. The third-order valence-electron chi connectivity index (χ3n) is 4.58. The normalized spacial score (nSPS) is 23.7. The quantitative estimate of drug-likeness (QED) is 0.806. The minimum Gasteiger partial charge on any atom is -0.386 e. The van der Waals surface area contributed by atoms with E-state index in [1.165, 1.54) is 32.0 Å². The molecule has 0 saturated heterocycles. The number of nitrogens with zero attached hydrogens (tertiary/aromatic N) is 2. The number of aromatic nitrogens is 1. The zero-order valence-corrected chi connectivity index (χ0v) is 15.9. The minimum atomic E-state index is -3.62. The zero-order valence-electron chi connectivity index (χ0n) is 15.1. The van der Waals surface area contributed by atoms with Crippen LogP contribution in [0.3, 0.4) is 0 Å². The van der Waals surface area contributed by atoms with Gasteiger partial charge < -0.3 is 11.1 Å². The van der Waals surface area contributed by atoms with Gasteiger partial charge in [0.1, 0.15) is 34.0 Å². The van der Waals surface area contributed by atoms with Crippen molar-refractivity contribution in [2.24, 2.45) is 10.7 Å². The molecular weight excluding hydrogens is 390 g/mol. The second-order valence-electron chi connectivity index (χ2n) is 6.77. The molecule has 1 aliphatic heterocycles. The molecular formula is C18H18F2N4O3S. The second-order valence-corrected chi connectivity index (χ2v) is 9.09. The van der Waals surface area contributed by atoms with Crippen LogP contribution in [0.2, 0.25) is 0 Å². The highest BCUT2D eigenvalue weighted by molar-refractivity contribution is 7.92. The first-order chi connectivity index (χ1) is 13.0. The molecule has 0 aliphatic carbocycles. The number of amides is 1. The van der Waals surface area contributed by atoms with Gasteiger partial charge in [-0.05, 0) is 44.2 Å². The lowest BCUT2D eigenvalue weighted by Gasteiger charge is -2.33. The van der Waals surface area contributed by atoms with Crippen molar-refractivity contribution >= 4 is 27.3 Å². The van der Waals surface area contributed by atoms with Crippen LogP contribution in [0.15, 0.2) is 41.5 Å². The van der Waals surface area contributed by atoms with Gasteiger partial charge in [-0.2, -0.15) is 0 Å². The van der Waals surface area contributed by atoms with Crippen LogP contribution in [0.5, 0.6) is 0 Å². The number of hydrogen-bond donors (Lipinski definition) is 2. The molecule has 0 bridgehead atoms. The molecule has 2 aromatic rings. The summed E-state index contributed by atoms with van der Waals surface area (Å²) in [6, 6.07) is 6.02. The average Bonchev–Trinajstić information content (AvgIpc) is 2.61. The highest BCUT2D eigenvalue weighted by Crippen LogP contribution is 2.35. The number of halogens is 2. The van der Waals surface area contributed by atoms with Gasteiger partial charge in [0.05, 0.1) is 11.9 Å². The fourth-order valence-electron chi connectivity index (χ4n) is 2.97. The van der Waals surface area contributed by atoms with E-state index in [2.05, 4.69) is 15.3 Å². The number of carbonyl (C=O) groups is 1. The maximum Gasteiger partial charge on any atom is 0.274 e. The van der Waals surface area contributed by atoms with E-state index < -0.39 is 43.9 Å². The van der Waals surface area contributed by atoms with E-state index in [1.807, 2.05) is 0 Å². The number of aliphatic imine (C=N–C) groups is 1. The first-order valence-electron chi connectivity index (χ1n) is 8.31. The number of amidine groups is 1. The van der Waals surface area contributed by atoms with E-state index in [9.17, 15) is 22.0 Å². The number of benzene rings is 1. The summed E-state index contributed by atoms with van der Waals surface area (Å²) in [4.78, 5) is 20.1. The van der Waals surface area contributed by atoms with E-state index in [0.717, 1.165) is 18.3 Å². The van der Waals surface area contributed by atoms with E-state index in [0.29, 0.717) is 0 Å². The van der Waals surface area contributed by atoms with E-state index in [1.54, 1.807) is 0 Å². The Kier molecular flexibility index (Phi) is 4.92. The molecule has 1 aliphatic rings. The number of nitrogens with two attached hydrogens (primary N) is 1. The van der Waals surface area contributed by atoms with Crippen LogP contribution in [-0.4, -0.2) is 36.1 Å². The van der Waals surface area contributed by atoms with Gasteiger partial charge >= 0.3 is 0 Å². The van der Waals surface area contributed by atoms with E-state index in [4.69, 9.17) is 5.73 Å². The molecule has 2 heterocycles. The molecule has 3 N–H and O–H groups in total. The Balaban J connectivity index is 1.96. The number of sulfone groups is 1. The van der Waals surface area contributed by atoms with Gasteiger partial charge in [0.15, 0.2) is 9.84 Å². The molecule has 7 nitrogen and oxygen atoms in total. The van der Waals surface area contributed by atoms with Crippen LogP contribution >= 0.6 is 0 Å². The smallest absolute Gasteiger partial charge is 0.274 e. The molecule has 3 rings (SSSR count). The Bertz CT molecular complexity index is 1070. The van der Waals surface area contributed by atoms with Gasteiger partial charge in [-0.3, -0.25) is 9.79 Å². The summed E-state index contributed by atoms with van der Waals surface area (Å²) in [6.07, 6.45) is 0.900. The number of carbonyl (C=O) groups excluding carboxylic acids is 1. The Morgan fingerprint density at radius 1 is 1.29 bits per heavy atom. The molecule has 1 aromatic carbocycles. The summed E-state index contributed by atoms with van der Waals surface area (Å²) in [5.41, 5.74) is 4.48. The third kappa shape index (κ3) is 3.72. The number of anilines is 1. The predicted octanol–water partition coefficient (Wildman–Crippen LogP) is 2.00. The lowest BCUT2D eigenvalue weighted by atomic mass is 9.93. The number of hydrogen-bond acceptors (Lipinski definition) is 6. The standard InChI is InChI=1S/C18H18F2N4O3S/c1-10-16(21)24-18(2,9-28(10,26)27)13-7-12(4-5-14(13)20)23-17(25)15-6-3-11(19)8-22-15/h3-8,10H,9H2,1-2H3,(H2,21,24)(H,23,25)/t10?,18-/m0/s1. The van der Waals surface area contributed by atoms with E-state index >= 15 is 0 Å². The SMILES string of the molecule is CC1C(N)=N[C@](C)(c2cc(NC(=O)c3ccc(F)cn3)ccc2F)CS1(=O)=O. The minimum absolute atomic E-state index is 0.0178. The van der Waals surface area contributed by atoms with Gasteiger partial charge in [-0.1, -0.05) is 0 Å². The van der Waals surface area contributed by atoms with Gasteiger partial charge in [0.2, 0.25) is 0 Å². The number of pyridine rings is 1. The largest absolute Gasteiger partial charge is 0.386 e. The van der Waals surface area contributed by atoms with Crippen molar-refractivity contribution in [1.82, 2.24) is 4.98 Å². The number of rotatable bonds is 3. The average molecular weight is 408 g/mol. The van der Waals surface area contributed by atoms with Crippen molar-refractivity contribution in [3.63, 3.8) is 0 Å². The van der Waals surface area contributed by atoms with Gasteiger partial charge in [-0.15, -0.1) is 0 Å². The van der Waals surface area contributed by atoms with Crippen molar-refractivity contribution in [3.8, 4) is 0 Å². The molecule has 28 heavy (non-hydrogen) atoms. The molecule has 0 radical (unpaired) electrons. The predicted molar refractivity (Wildman–Crippen MR) is 101 cm³/mol. The van der Waals surface area contributed by atoms with Crippen LogP contribution in [0.1, 0.15) is 29.9 Å². The first-order valence-corrected chi connectivity index (χ1v) is 10.0. The van der Waals surface area contributed by atoms with Crippen LogP contribution in [0.4, 0.5) is 14.5 Å². The highest BCUT2D eigenvalue weighted by atomic mass is 32.2. The van der Waals surface area contributed by atoms with Crippen molar-refractivity contribution in [2.75, 3.05) is 11.1 Å². The number of nitrogens with one attached hydrogen (secondary N) is 1. The molecule has 0 saturated carbocycles. The first kappa shape index (κ1) is 19.9. The van der Waals surface area contributed by atoms with E-state index in [-0.39, 0.29) is 22.8 Å². The summed E-state index contributed by atoms with van der Waals surface area (Å²) >= 11 is 0. The molecule has 1 amide bonds. The zero-order chi connectivity index (χ0) is 20.7. The summed E-state index contributed by atoms with van der Waals surface area (Å²) in [6.45, 7) is 2.89.